The van der Waals surface area contributed by atoms with E-state index >= 15 is 0 Å². The second-order valence-electron chi connectivity index (χ2n) is 11.6. The third-order valence-corrected chi connectivity index (χ3v) is 9.10. The third kappa shape index (κ3) is 5.64. The molecule has 2 amide bonds. The molecule has 2 aromatic carbocycles. The average Bonchev–Trinajstić information content (AvgIpc) is 3.25. The van der Waals surface area contributed by atoms with Crippen LogP contribution >= 0.6 is 15.9 Å². The number of piperidine rings is 1. The van der Waals surface area contributed by atoms with Crippen molar-refractivity contribution in [3.05, 3.63) is 75.4 Å². The number of rotatable bonds is 6. The molecule has 10 heteroatoms. The minimum Gasteiger partial charge on any atom is -0.465 e. The highest BCUT2D eigenvalue weighted by Crippen LogP contribution is 2.53. The Labute approximate surface area is 241 Å². The molecule has 1 fully saturated rings. The van der Waals surface area contributed by atoms with Crippen molar-refractivity contribution in [3.63, 3.8) is 0 Å². The van der Waals surface area contributed by atoms with Gasteiger partial charge in [-0.05, 0) is 70.3 Å². The quantitative estimate of drug-likeness (QED) is 0.307. The van der Waals surface area contributed by atoms with E-state index in [0.29, 0.717) is 40.9 Å². The summed E-state index contributed by atoms with van der Waals surface area (Å²) in [5.41, 5.74) is 1.54. The molecule has 1 aliphatic rings. The molecule has 3 aromatic rings. The number of hydrogen-bond donors (Lipinski definition) is 2. The molecule has 0 saturated carbocycles. The summed E-state index contributed by atoms with van der Waals surface area (Å²) in [6, 6.07) is 11.5. The van der Waals surface area contributed by atoms with Crippen LogP contribution < -0.4 is 5.32 Å². The van der Waals surface area contributed by atoms with E-state index in [2.05, 4.69) is 26.4 Å². The van der Waals surface area contributed by atoms with Gasteiger partial charge in [-0.25, -0.2) is 13.6 Å². The molecule has 214 valence electrons. The lowest BCUT2D eigenvalue weighted by Gasteiger charge is -2.55. The topological polar surface area (TPSA) is 95.7 Å². The van der Waals surface area contributed by atoms with Gasteiger partial charge in [0.05, 0.1) is 4.47 Å². The van der Waals surface area contributed by atoms with Crippen LogP contribution in [-0.2, 0) is 11.2 Å². The zero-order valence-corrected chi connectivity index (χ0v) is 24.8. The van der Waals surface area contributed by atoms with E-state index in [9.17, 15) is 23.5 Å². The summed E-state index contributed by atoms with van der Waals surface area (Å²) >= 11 is 3.67. The Bertz CT molecular complexity index is 1420. The van der Waals surface area contributed by atoms with E-state index in [1.807, 2.05) is 52.0 Å². The summed E-state index contributed by atoms with van der Waals surface area (Å²) in [7, 11) is 0. The number of nitrogens with zero attached hydrogens (tertiary/aromatic N) is 2. The minimum absolute atomic E-state index is 0.0848. The fourth-order valence-electron chi connectivity index (χ4n) is 5.60. The van der Waals surface area contributed by atoms with Gasteiger partial charge in [-0.3, -0.25) is 4.79 Å². The molecule has 0 spiro atoms. The molecule has 40 heavy (non-hydrogen) atoms. The first-order valence-electron chi connectivity index (χ1n) is 13.2. The predicted molar refractivity (Wildman–Crippen MR) is 151 cm³/mol. The number of halogens is 3. The van der Waals surface area contributed by atoms with E-state index in [1.165, 1.54) is 17.9 Å². The summed E-state index contributed by atoms with van der Waals surface area (Å²) in [6.07, 6.45) is -0.134. The van der Waals surface area contributed by atoms with E-state index in [-0.39, 0.29) is 18.4 Å². The molecule has 0 unspecified atom stereocenters. The van der Waals surface area contributed by atoms with Crippen LogP contribution in [0.5, 0.6) is 0 Å². The summed E-state index contributed by atoms with van der Waals surface area (Å²) in [5, 5.41) is 17.5. The summed E-state index contributed by atoms with van der Waals surface area (Å²) in [5.74, 6) is -2.42. The van der Waals surface area contributed by atoms with Crippen molar-refractivity contribution in [3.8, 4) is 11.3 Å². The Morgan fingerprint density at radius 1 is 1.18 bits per heavy atom. The summed E-state index contributed by atoms with van der Waals surface area (Å²) in [6.45, 7) is 9.84. The highest BCUT2D eigenvalue weighted by molar-refractivity contribution is 9.10. The molecule has 2 N–H and O–H groups in total. The molecule has 1 aromatic heterocycles. The maximum absolute atomic E-state index is 14.4. The van der Waals surface area contributed by atoms with E-state index in [4.69, 9.17) is 4.52 Å². The van der Waals surface area contributed by atoms with Gasteiger partial charge in [-0.2, -0.15) is 0 Å². The Hall–Kier alpha value is -3.27. The number of carboxylic acid groups (broad SMARTS) is 1. The number of carbonyl (C=O) groups excluding carboxylic acids is 1. The molecular weight excluding hydrogens is 584 g/mol. The molecule has 1 saturated heterocycles. The minimum atomic E-state index is -1.06. The molecule has 4 rings (SSSR count). The Balaban J connectivity index is 1.81. The van der Waals surface area contributed by atoms with Gasteiger partial charge in [0.1, 0.15) is 5.69 Å². The van der Waals surface area contributed by atoms with Crippen molar-refractivity contribution in [1.29, 1.82) is 0 Å². The fraction of sp³-hybridized carbons (Fsp3) is 0.433. The van der Waals surface area contributed by atoms with Gasteiger partial charge in [0.15, 0.2) is 17.4 Å². The van der Waals surface area contributed by atoms with Gasteiger partial charge in [-0.1, -0.05) is 56.3 Å². The Morgan fingerprint density at radius 2 is 1.88 bits per heavy atom. The second kappa shape index (κ2) is 11.3. The lowest BCUT2D eigenvalue weighted by atomic mass is 9.62. The third-order valence-electron chi connectivity index (χ3n) is 8.34. The monoisotopic (exact) mass is 617 g/mol. The highest BCUT2D eigenvalue weighted by atomic mass is 79.9. The number of benzene rings is 2. The van der Waals surface area contributed by atoms with Gasteiger partial charge < -0.3 is 19.8 Å². The van der Waals surface area contributed by atoms with Gasteiger partial charge in [-0.15, -0.1) is 0 Å². The van der Waals surface area contributed by atoms with Crippen molar-refractivity contribution in [2.45, 2.75) is 64.8 Å². The summed E-state index contributed by atoms with van der Waals surface area (Å²) in [4.78, 5) is 25.4. The fourth-order valence-corrected chi connectivity index (χ4v) is 6.25. The van der Waals surface area contributed by atoms with Crippen LogP contribution in [0.2, 0.25) is 0 Å². The SMILES string of the molecule is CC(=O)NCCc1ccccc1-c1onc([C@H]2CN(C(=O)O)[C@](C)(C(C)(C)C)C[C@@H]2c2ccc(F)c(F)c2)c1Br. The number of carbonyl (C=O) groups is 2. The van der Waals surface area contributed by atoms with Gasteiger partial charge >= 0.3 is 6.09 Å². The maximum atomic E-state index is 14.4. The molecule has 3 atom stereocenters. The predicted octanol–water partition coefficient (Wildman–Crippen LogP) is 7.12. The maximum Gasteiger partial charge on any atom is 0.407 e. The van der Waals surface area contributed by atoms with E-state index in [0.717, 1.165) is 17.2 Å². The van der Waals surface area contributed by atoms with Crippen LogP contribution in [0.1, 0.15) is 69.7 Å². The average molecular weight is 619 g/mol. The molecule has 1 aliphatic heterocycles. The zero-order chi connectivity index (χ0) is 29.4. The van der Waals surface area contributed by atoms with Crippen LogP contribution in [0.25, 0.3) is 11.3 Å². The Morgan fingerprint density at radius 3 is 2.50 bits per heavy atom. The molecule has 0 aliphatic carbocycles. The lowest BCUT2D eigenvalue weighted by Crippen LogP contribution is -2.62. The summed E-state index contributed by atoms with van der Waals surface area (Å²) < 4.78 is 34.8. The first-order valence-corrected chi connectivity index (χ1v) is 14.0. The molecule has 7 nitrogen and oxygen atoms in total. The van der Waals surface area contributed by atoms with Crippen molar-refractivity contribution in [2.24, 2.45) is 5.41 Å². The number of amides is 2. The standard InChI is InChI=1S/C30H34BrF2N3O4/c1-17(37)34-13-12-18-8-6-7-9-20(18)27-25(31)26(35-40-27)22-16-36(28(38)39)30(5,29(2,3)4)15-21(22)19-10-11-23(32)24(33)14-19/h6-11,14,21-22H,12-13,15-16H2,1-5H3,(H,34,37)(H,38,39)/t21-,22+,30+/m1/s1. The van der Waals surface area contributed by atoms with Crippen LogP contribution in [0.15, 0.2) is 51.5 Å². The number of aromatic nitrogens is 1. The molecule has 2 heterocycles. The van der Waals surface area contributed by atoms with Crippen LogP contribution in [-0.4, -0.2) is 45.8 Å². The van der Waals surface area contributed by atoms with Crippen molar-refractivity contribution in [2.75, 3.05) is 13.1 Å². The van der Waals surface area contributed by atoms with Crippen molar-refractivity contribution >= 4 is 27.9 Å². The first-order chi connectivity index (χ1) is 18.7. The normalized spacial score (nSPS) is 21.4. The molecule has 0 radical (unpaired) electrons. The number of hydrogen-bond acceptors (Lipinski definition) is 4. The largest absolute Gasteiger partial charge is 0.465 e. The van der Waals surface area contributed by atoms with E-state index < -0.39 is 34.6 Å². The van der Waals surface area contributed by atoms with Gasteiger partial charge in [0, 0.05) is 37.0 Å². The zero-order valence-electron chi connectivity index (χ0n) is 23.2. The van der Waals surface area contributed by atoms with Crippen LogP contribution in [0.3, 0.4) is 0 Å². The lowest BCUT2D eigenvalue weighted by molar-refractivity contribution is -0.118. The van der Waals surface area contributed by atoms with Crippen molar-refractivity contribution < 1.29 is 28.0 Å². The van der Waals surface area contributed by atoms with E-state index in [1.54, 1.807) is 6.07 Å². The Kier molecular flexibility index (Phi) is 8.40. The van der Waals surface area contributed by atoms with Crippen LogP contribution in [0, 0.1) is 17.0 Å². The number of likely N-dealkylation sites (tertiary alicyclic amines) is 1. The second-order valence-corrected chi connectivity index (χ2v) is 12.4. The van der Waals surface area contributed by atoms with Crippen molar-refractivity contribution in [1.82, 2.24) is 15.4 Å². The van der Waals surface area contributed by atoms with Crippen LogP contribution in [0.4, 0.5) is 13.6 Å². The smallest absolute Gasteiger partial charge is 0.407 e. The number of nitrogens with one attached hydrogen (secondary N) is 1. The molecular formula is C30H34BrF2N3O4. The highest BCUT2D eigenvalue weighted by Gasteiger charge is 2.53. The van der Waals surface area contributed by atoms with Gasteiger partial charge in [0.25, 0.3) is 0 Å². The first kappa shape index (κ1) is 29.7. The van der Waals surface area contributed by atoms with Gasteiger partial charge in [0.2, 0.25) is 5.91 Å². The molecule has 0 bridgehead atoms.